The molecule has 4 rings (SSSR count). The van der Waals surface area contributed by atoms with Gasteiger partial charge < -0.3 is 0 Å². The fourth-order valence-electron chi connectivity index (χ4n) is 3.19. The van der Waals surface area contributed by atoms with Crippen molar-refractivity contribution in [3.8, 4) is 0 Å². The third kappa shape index (κ3) is 2.04. The summed E-state index contributed by atoms with van der Waals surface area (Å²) in [6, 6.07) is 20.3. The molecule has 1 heterocycles. The molecule has 0 aliphatic rings. The lowest BCUT2D eigenvalue weighted by atomic mass is 10.0. The highest BCUT2D eigenvalue weighted by Crippen LogP contribution is 2.39. The molecule has 0 saturated heterocycles. The highest BCUT2D eigenvalue weighted by Gasteiger charge is 2.14. The number of rotatable bonds is 3. The monoisotopic (exact) mass is 291 g/mol. The van der Waals surface area contributed by atoms with E-state index in [9.17, 15) is 0 Å². The Bertz CT molecular complexity index is 930. The molecule has 4 aromatic rings. The lowest BCUT2D eigenvalue weighted by Crippen LogP contribution is -1.78. The average Bonchev–Trinajstić information content (AvgIpc) is 2.96. The molecule has 1 unspecified atom stereocenters. The van der Waals surface area contributed by atoms with Crippen LogP contribution in [-0.2, 0) is 5.75 Å². The van der Waals surface area contributed by atoms with Crippen LogP contribution in [0, 0.1) is 0 Å². The van der Waals surface area contributed by atoms with Crippen molar-refractivity contribution in [2.45, 2.75) is 25.5 Å². The molecule has 0 amide bonds. The molecule has 1 heteroatoms. The molecule has 0 aliphatic carbocycles. The van der Waals surface area contributed by atoms with E-state index in [4.69, 9.17) is 0 Å². The summed E-state index contributed by atoms with van der Waals surface area (Å²) in [6.45, 7) is 2.27. The summed E-state index contributed by atoms with van der Waals surface area (Å²) in [5.74, 6) is 1.30. The topological polar surface area (TPSA) is 0 Å². The van der Waals surface area contributed by atoms with Crippen molar-refractivity contribution >= 4 is 42.1 Å². The van der Waals surface area contributed by atoms with Crippen molar-refractivity contribution in [2.75, 3.05) is 0 Å². The summed E-state index contributed by atoms with van der Waals surface area (Å²) < 4.78 is 1.55. The van der Waals surface area contributed by atoms with E-state index in [2.05, 4.69) is 66.9 Å². The minimum atomic E-state index is 0.328. The number of aryl methyl sites for hydroxylation is 1. The normalized spacial score (nSPS) is 12.5. The Kier molecular flexibility index (Phi) is 3.16. The van der Waals surface area contributed by atoms with E-state index in [1.54, 1.807) is 4.70 Å². The number of thiophene rings is 1. The van der Waals surface area contributed by atoms with Crippen LogP contribution in [0.2, 0.25) is 0 Å². The molecule has 0 N–H and O–H groups in total. The molecule has 0 bridgehead atoms. The first-order valence-corrected chi connectivity index (χ1v) is 9.16. The van der Waals surface area contributed by atoms with Crippen LogP contribution in [0.25, 0.3) is 31.6 Å². The first kappa shape index (κ1) is 12.8. The number of unbranched alkanes of at least 4 members (excludes halogenated alkanes) is 1. The maximum atomic E-state index is 2.43. The Morgan fingerprint density at radius 2 is 1.57 bits per heavy atom. The Hall–Kier alpha value is -1.86. The molecule has 0 radical (unpaired) electrons. The quantitative estimate of drug-likeness (QED) is 0.291. The Balaban J connectivity index is 2.02. The van der Waals surface area contributed by atoms with Crippen LogP contribution in [-0.4, -0.2) is 0 Å². The Morgan fingerprint density at radius 1 is 0.762 bits per heavy atom. The van der Waals surface area contributed by atoms with E-state index in [1.807, 2.05) is 0 Å². The van der Waals surface area contributed by atoms with Gasteiger partial charge in [-0.15, -0.1) is 0 Å². The van der Waals surface area contributed by atoms with Gasteiger partial charge in [0.2, 0.25) is 0 Å². The van der Waals surface area contributed by atoms with E-state index in [-0.39, 0.29) is 0 Å². The fourth-order valence-corrected chi connectivity index (χ4v) is 5.30. The molecule has 0 nitrogen and oxygen atoms in total. The highest BCUT2D eigenvalue weighted by atomic mass is 32.2. The lowest BCUT2D eigenvalue weighted by molar-refractivity contribution is 0.854. The van der Waals surface area contributed by atoms with E-state index in [0.29, 0.717) is 10.5 Å². The predicted octanol–water partition coefficient (Wildman–Crippen LogP) is 6.70. The number of hydrogen-bond donors (Lipinski definition) is 0. The zero-order valence-corrected chi connectivity index (χ0v) is 13.1. The highest BCUT2D eigenvalue weighted by molar-refractivity contribution is 7.35. The predicted molar refractivity (Wildman–Crippen MR) is 96.3 cm³/mol. The number of fused-ring (bicyclic) bond motifs is 5. The molecular formula is C20H19S+. The average molecular weight is 291 g/mol. The van der Waals surface area contributed by atoms with E-state index < -0.39 is 0 Å². The molecule has 0 fully saturated rings. The van der Waals surface area contributed by atoms with Crippen molar-refractivity contribution in [3.63, 3.8) is 0 Å². The van der Waals surface area contributed by atoms with Gasteiger partial charge in [0.1, 0.15) is 11.1 Å². The van der Waals surface area contributed by atoms with Gasteiger partial charge in [0.05, 0.1) is 0 Å². The van der Waals surface area contributed by atoms with Gasteiger partial charge in [-0.1, -0.05) is 49.7 Å². The third-order valence-electron chi connectivity index (χ3n) is 4.33. The van der Waals surface area contributed by atoms with Gasteiger partial charge >= 0.3 is 0 Å². The molecule has 3 aromatic carbocycles. The zero-order chi connectivity index (χ0) is 14.2. The molecule has 0 aliphatic heterocycles. The Morgan fingerprint density at radius 3 is 2.48 bits per heavy atom. The van der Waals surface area contributed by atoms with Gasteiger partial charge in [-0.2, -0.15) is 0 Å². The molecule has 1 atom stereocenters. The lowest BCUT2D eigenvalue weighted by Gasteiger charge is -2.04. The van der Waals surface area contributed by atoms with Crippen molar-refractivity contribution < 1.29 is 0 Å². The van der Waals surface area contributed by atoms with Gasteiger partial charge in [0, 0.05) is 11.5 Å². The minimum Gasteiger partial charge on any atom is -0.0652 e. The van der Waals surface area contributed by atoms with Gasteiger partial charge in [-0.3, -0.25) is 0 Å². The summed E-state index contributed by atoms with van der Waals surface area (Å²) in [4.78, 5) is 0. The second-order valence-corrected chi connectivity index (χ2v) is 7.63. The summed E-state index contributed by atoms with van der Waals surface area (Å²) in [7, 11) is 0.328. The summed E-state index contributed by atoms with van der Waals surface area (Å²) >= 11 is 0. The van der Waals surface area contributed by atoms with Gasteiger partial charge in [0.15, 0.2) is 4.70 Å². The first-order valence-electron chi connectivity index (χ1n) is 7.71. The van der Waals surface area contributed by atoms with Crippen LogP contribution in [0.1, 0.15) is 19.8 Å². The standard InChI is InChI=1S/C20H19S/c1-2-3-13-21-14-12-19-18-9-8-15-6-4-5-7-16(15)17(18)10-11-20(19)21/h4-12,14H,2-3,13H2,1H3/q+1. The summed E-state index contributed by atoms with van der Waals surface area (Å²) in [5.41, 5.74) is 0. The SMILES string of the molecule is CCCC[s+]1ccc2c3ccc4ccccc4c3ccc21. The fraction of sp³-hybridized carbons (Fsp3) is 0.200. The molecular weight excluding hydrogens is 272 g/mol. The van der Waals surface area contributed by atoms with E-state index in [1.165, 1.54) is 45.5 Å². The van der Waals surface area contributed by atoms with Crippen LogP contribution >= 0.6 is 10.5 Å². The maximum absolute atomic E-state index is 2.43. The van der Waals surface area contributed by atoms with Crippen LogP contribution in [0.5, 0.6) is 0 Å². The first-order chi connectivity index (χ1) is 10.4. The van der Waals surface area contributed by atoms with Crippen molar-refractivity contribution in [2.24, 2.45) is 0 Å². The van der Waals surface area contributed by atoms with Gasteiger partial charge in [-0.25, -0.2) is 0 Å². The molecule has 21 heavy (non-hydrogen) atoms. The van der Waals surface area contributed by atoms with Gasteiger partial charge in [-0.05, 0) is 50.6 Å². The number of benzene rings is 3. The van der Waals surface area contributed by atoms with Crippen LogP contribution in [0.4, 0.5) is 0 Å². The molecule has 0 spiro atoms. The van der Waals surface area contributed by atoms with Gasteiger partial charge in [0.25, 0.3) is 0 Å². The molecule has 104 valence electrons. The number of hydrogen-bond acceptors (Lipinski definition) is 0. The minimum absolute atomic E-state index is 0.328. The van der Waals surface area contributed by atoms with Crippen molar-refractivity contribution in [3.05, 3.63) is 60.0 Å². The van der Waals surface area contributed by atoms with Crippen LogP contribution < -0.4 is 0 Å². The second-order valence-electron chi connectivity index (χ2n) is 5.65. The largest absolute Gasteiger partial charge is 0.181 e. The Labute approximate surface area is 128 Å². The van der Waals surface area contributed by atoms with Crippen LogP contribution in [0.15, 0.2) is 60.0 Å². The maximum Gasteiger partial charge on any atom is 0.181 e. The zero-order valence-electron chi connectivity index (χ0n) is 12.3. The summed E-state index contributed by atoms with van der Waals surface area (Å²) in [5, 5.41) is 9.38. The van der Waals surface area contributed by atoms with Crippen molar-refractivity contribution in [1.29, 1.82) is 0 Å². The summed E-state index contributed by atoms with van der Waals surface area (Å²) in [6.07, 6.45) is 2.60. The second kappa shape index (κ2) is 5.16. The van der Waals surface area contributed by atoms with E-state index in [0.717, 1.165) is 0 Å². The van der Waals surface area contributed by atoms with Crippen molar-refractivity contribution in [1.82, 2.24) is 0 Å². The third-order valence-corrected chi connectivity index (χ3v) is 6.44. The van der Waals surface area contributed by atoms with E-state index >= 15 is 0 Å². The van der Waals surface area contributed by atoms with Crippen LogP contribution in [0.3, 0.4) is 0 Å². The molecule has 0 saturated carbocycles. The smallest absolute Gasteiger partial charge is 0.0652 e. The molecule has 1 aromatic heterocycles.